The monoisotopic (exact) mass is 538 g/mol. The molecule has 4 aromatic rings. The van der Waals surface area contributed by atoms with Gasteiger partial charge in [0.1, 0.15) is 23.1 Å². The molecule has 0 aromatic heterocycles. The van der Waals surface area contributed by atoms with Crippen LogP contribution in [0.25, 0.3) is 12.2 Å². The molecule has 0 aliphatic carbocycles. The van der Waals surface area contributed by atoms with Crippen LogP contribution >= 0.6 is 0 Å². The van der Waals surface area contributed by atoms with Crippen LogP contribution in [-0.2, 0) is 0 Å². The van der Waals surface area contributed by atoms with Gasteiger partial charge in [-0.05, 0) is 73.5 Å². The summed E-state index contributed by atoms with van der Waals surface area (Å²) in [6.07, 6.45) is 7.04. The topological polar surface area (TPSA) is 52.6 Å². The molecule has 0 unspecified atom stereocenters. The van der Waals surface area contributed by atoms with Crippen LogP contribution in [-0.4, -0.2) is 24.8 Å². The number of hydrogen-bond acceptors (Lipinski definition) is 4. The maximum atomic E-state index is 13.8. The van der Waals surface area contributed by atoms with Crippen LogP contribution in [0, 0.1) is 11.6 Å². The van der Waals surface area contributed by atoms with E-state index in [1.54, 1.807) is 84.9 Å². The first-order valence-electron chi connectivity index (χ1n) is 12.9. The minimum Gasteiger partial charge on any atom is -0.494 e. The summed E-state index contributed by atoms with van der Waals surface area (Å²) in [5, 5.41) is 0. The SMILES string of the molecule is O=C(/C=C/c1ccccc1F)c1cccc(OCCCCOc2cccc(C(=O)/C=C/c3ccccc3F)c2)c1. The zero-order valence-electron chi connectivity index (χ0n) is 21.8. The highest BCUT2D eigenvalue weighted by atomic mass is 19.1. The molecule has 0 aliphatic rings. The Morgan fingerprint density at radius 3 is 1.43 bits per heavy atom. The Balaban J connectivity index is 1.20. The number of rotatable bonds is 13. The molecule has 202 valence electrons. The molecule has 0 amide bonds. The standard InChI is InChI=1S/C34H28F2O4/c35-31-15-3-1-9-25(31)17-19-33(37)27-11-7-13-29(23-27)39-21-5-6-22-40-30-14-8-12-28(24-30)34(38)20-18-26-10-2-4-16-32(26)36/h1-4,7-20,23-24H,5-6,21-22H2/b19-17+,20-18+. The molecule has 0 N–H and O–H groups in total. The summed E-state index contributed by atoms with van der Waals surface area (Å²) in [5.41, 5.74) is 1.60. The van der Waals surface area contributed by atoms with Crippen LogP contribution in [0.2, 0.25) is 0 Å². The first-order valence-corrected chi connectivity index (χ1v) is 12.9. The van der Waals surface area contributed by atoms with E-state index in [1.807, 2.05) is 0 Å². The zero-order chi connectivity index (χ0) is 28.2. The Labute approximate surface area is 232 Å². The van der Waals surface area contributed by atoms with Crippen molar-refractivity contribution in [3.63, 3.8) is 0 Å². The normalized spacial score (nSPS) is 11.2. The molecule has 0 aliphatic heterocycles. The third-order valence-electron chi connectivity index (χ3n) is 5.95. The van der Waals surface area contributed by atoms with Crippen molar-refractivity contribution in [2.75, 3.05) is 13.2 Å². The predicted molar refractivity (Wildman–Crippen MR) is 153 cm³/mol. The lowest BCUT2D eigenvalue weighted by Gasteiger charge is -2.09. The van der Waals surface area contributed by atoms with E-state index in [2.05, 4.69) is 0 Å². The summed E-state index contributed by atoms with van der Waals surface area (Å²) < 4.78 is 39.1. The largest absolute Gasteiger partial charge is 0.494 e. The van der Waals surface area contributed by atoms with Gasteiger partial charge in [-0.3, -0.25) is 9.59 Å². The predicted octanol–water partition coefficient (Wildman–Crippen LogP) is 8.00. The molecule has 6 heteroatoms. The number of allylic oxidation sites excluding steroid dienone is 2. The maximum Gasteiger partial charge on any atom is 0.185 e. The van der Waals surface area contributed by atoms with Gasteiger partial charge in [0, 0.05) is 22.3 Å². The summed E-state index contributed by atoms with van der Waals surface area (Å²) in [4.78, 5) is 25.0. The minimum atomic E-state index is -0.386. The molecule has 0 bridgehead atoms. The van der Waals surface area contributed by atoms with Crippen molar-refractivity contribution in [1.29, 1.82) is 0 Å². The fourth-order valence-corrected chi connectivity index (χ4v) is 3.81. The molecule has 4 nitrogen and oxygen atoms in total. The first-order chi connectivity index (χ1) is 19.5. The molecule has 0 saturated carbocycles. The van der Waals surface area contributed by atoms with Gasteiger partial charge in [0.2, 0.25) is 0 Å². The average molecular weight is 539 g/mol. The van der Waals surface area contributed by atoms with Crippen molar-refractivity contribution < 1.29 is 27.8 Å². The van der Waals surface area contributed by atoms with Gasteiger partial charge in [-0.15, -0.1) is 0 Å². The number of ketones is 2. The number of carbonyl (C=O) groups excluding carboxylic acids is 2. The molecule has 0 heterocycles. The van der Waals surface area contributed by atoms with Gasteiger partial charge in [0.15, 0.2) is 11.6 Å². The number of benzene rings is 4. The van der Waals surface area contributed by atoms with Crippen molar-refractivity contribution in [1.82, 2.24) is 0 Å². The fourth-order valence-electron chi connectivity index (χ4n) is 3.81. The smallest absolute Gasteiger partial charge is 0.185 e. The highest BCUT2D eigenvalue weighted by molar-refractivity contribution is 6.07. The van der Waals surface area contributed by atoms with E-state index in [0.717, 1.165) is 12.8 Å². The maximum absolute atomic E-state index is 13.8. The van der Waals surface area contributed by atoms with E-state index in [9.17, 15) is 18.4 Å². The third-order valence-corrected chi connectivity index (χ3v) is 5.95. The second kappa shape index (κ2) is 14.4. The van der Waals surface area contributed by atoms with Crippen LogP contribution in [0.3, 0.4) is 0 Å². The quantitative estimate of drug-likeness (QED) is 0.0983. The van der Waals surface area contributed by atoms with Crippen molar-refractivity contribution in [3.05, 3.63) is 143 Å². The van der Waals surface area contributed by atoms with E-state index in [-0.39, 0.29) is 23.2 Å². The second-order valence-corrected chi connectivity index (χ2v) is 8.90. The van der Waals surface area contributed by atoms with E-state index in [1.165, 1.54) is 36.4 Å². The number of ether oxygens (including phenoxy) is 2. The molecule has 0 atom stereocenters. The highest BCUT2D eigenvalue weighted by Gasteiger charge is 2.07. The van der Waals surface area contributed by atoms with E-state index in [0.29, 0.717) is 47.0 Å². The highest BCUT2D eigenvalue weighted by Crippen LogP contribution is 2.18. The summed E-state index contributed by atoms with van der Waals surface area (Å²) in [5.74, 6) is -0.122. The van der Waals surface area contributed by atoms with E-state index >= 15 is 0 Å². The van der Waals surface area contributed by atoms with E-state index in [4.69, 9.17) is 9.47 Å². The second-order valence-electron chi connectivity index (χ2n) is 8.90. The Bertz CT molecular complexity index is 1410. The van der Waals surface area contributed by atoms with Crippen molar-refractivity contribution in [2.45, 2.75) is 12.8 Å². The van der Waals surface area contributed by atoms with Gasteiger partial charge in [0.25, 0.3) is 0 Å². The van der Waals surface area contributed by atoms with Gasteiger partial charge in [-0.25, -0.2) is 8.78 Å². The van der Waals surface area contributed by atoms with Gasteiger partial charge < -0.3 is 9.47 Å². The minimum absolute atomic E-state index is 0.245. The third kappa shape index (κ3) is 8.33. The number of carbonyl (C=O) groups is 2. The van der Waals surface area contributed by atoms with Crippen molar-refractivity contribution in [2.24, 2.45) is 0 Å². The molecule has 40 heavy (non-hydrogen) atoms. The number of halogens is 2. The molecule has 4 aromatic carbocycles. The zero-order valence-corrected chi connectivity index (χ0v) is 21.8. The molecule has 4 rings (SSSR count). The van der Waals surface area contributed by atoms with Gasteiger partial charge in [-0.1, -0.05) is 60.7 Å². The summed E-state index contributed by atoms with van der Waals surface area (Å²) in [6.45, 7) is 0.872. The lowest BCUT2D eigenvalue weighted by atomic mass is 10.1. The number of unbranched alkanes of at least 4 members (excludes halogenated alkanes) is 1. The van der Waals surface area contributed by atoms with Gasteiger partial charge >= 0.3 is 0 Å². The lowest BCUT2D eigenvalue weighted by molar-refractivity contribution is 0.103. The van der Waals surface area contributed by atoms with Gasteiger partial charge in [0.05, 0.1) is 13.2 Å². The summed E-state index contributed by atoms with van der Waals surface area (Å²) in [7, 11) is 0. The van der Waals surface area contributed by atoms with Crippen LogP contribution in [0.15, 0.2) is 109 Å². The van der Waals surface area contributed by atoms with Gasteiger partial charge in [-0.2, -0.15) is 0 Å². The molecular formula is C34H28F2O4. The van der Waals surface area contributed by atoms with Crippen LogP contribution in [0.4, 0.5) is 8.78 Å². The van der Waals surface area contributed by atoms with Crippen LogP contribution in [0.5, 0.6) is 11.5 Å². The first kappa shape index (κ1) is 28.2. The van der Waals surface area contributed by atoms with Crippen molar-refractivity contribution >= 4 is 23.7 Å². The fraction of sp³-hybridized carbons (Fsp3) is 0.118. The summed E-state index contributed by atoms with van der Waals surface area (Å²) >= 11 is 0. The lowest BCUT2D eigenvalue weighted by Crippen LogP contribution is -2.04. The van der Waals surface area contributed by atoms with Crippen LogP contribution < -0.4 is 9.47 Å². The Kier molecular flexibility index (Phi) is 10.1. The molecule has 0 radical (unpaired) electrons. The molecule has 0 spiro atoms. The Hall–Kier alpha value is -4.84. The molecular weight excluding hydrogens is 510 g/mol. The molecule has 0 fully saturated rings. The van der Waals surface area contributed by atoms with Crippen molar-refractivity contribution in [3.8, 4) is 11.5 Å². The number of hydrogen-bond donors (Lipinski definition) is 0. The van der Waals surface area contributed by atoms with E-state index < -0.39 is 0 Å². The Morgan fingerprint density at radius 1 is 0.575 bits per heavy atom. The Morgan fingerprint density at radius 2 is 1.00 bits per heavy atom. The molecule has 0 saturated heterocycles. The van der Waals surface area contributed by atoms with Crippen LogP contribution in [0.1, 0.15) is 44.7 Å². The average Bonchev–Trinajstić information content (AvgIpc) is 2.98. The summed E-state index contributed by atoms with van der Waals surface area (Å²) in [6, 6.07) is 26.2.